The Morgan fingerprint density at radius 1 is 1.38 bits per heavy atom. The minimum Gasteiger partial charge on any atom is -0.440 e. The molecule has 8 heteroatoms. The molecule has 3 amide bonds. The number of nitrogen functional groups attached to an aromatic ring is 1. The molecule has 24 heavy (non-hydrogen) atoms. The van der Waals surface area contributed by atoms with Crippen molar-refractivity contribution in [2.75, 3.05) is 24.2 Å². The lowest BCUT2D eigenvalue weighted by Gasteiger charge is -2.42. The molecule has 0 radical (unpaired) electrons. The van der Waals surface area contributed by atoms with E-state index in [1.165, 1.54) is 0 Å². The highest BCUT2D eigenvalue weighted by molar-refractivity contribution is 5.90. The summed E-state index contributed by atoms with van der Waals surface area (Å²) < 4.78 is 5.80. The molecule has 1 spiro atoms. The van der Waals surface area contributed by atoms with Crippen molar-refractivity contribution in [1.82, 2.24) is 15.2 Å². The quantitative estimate of drug-likeness (QED) is 0.808. The van der Waals surface area contributed by atoms with Gasteiger partial charge in [-0.15, -0.1) is 0 Å². The highest BCUT2D eigenvalue weighted by Gasteiger charge is 2.56. The summed E-state index contributed by atoms with van der Waals surface area (Å²) in [5.74, 6) is 0.415. The number of hydrogen-bond donors (Lipinski definition) is 2. The van der Waals surface area contributed by atoms with Crippen LogP contribution in [-0.2, 0) is 4.74 Å². The molecule has 2 atom stereocenters. The Bertz CT molecular complexity index is 663. The summed E-state index contributed by atoms with van der Waals surface area (Å²) in [5.41, 5.74) is 5.78. The fourth-order valence-corrected chi connectivity index (χ4v) is 4.36. The monoisotopic (exact) mass is 331 g/mol. The second kappa shape index (κ2) is 5.25. The van der Waals surface area contributed by atoms with E-state index in [-0.39, 0.29) is 24.2 Å². The lowest BCUT2D eigenvalue weighted by molar-refractivity contribution is -0.0165. The van der Waals surface area contributed by atoms with Gasteiger partial charge in [0.1, 0.15) is 11.4 Å². The first-order valence-corrected chi connectivity index (χ1v) is 8.23. The van der Waals surface area contributed by atoms with E-state index in [2.05, 4.69) is 10.3 Å². The van der Waals surface area contributed by atoms with E-state index in [0.29, 0.717) is 30.9 Å². The Hall–Kier alpha value is -2.51. The predicted octanol–water partition coefficient (Wildman–Crippen LogP) is 1.33. The van der Waals surface area contributed by atoms with Crippen LogP contribution in [0.15, 0.2) is 18.3 Å². The summed E-state index contributed by atoms with van der Waals surface area (Å²) in [7, 11) is 1.65. The molecule has 3 N–H and O–H groups in total. The van der Waals surface area contributed by atoms with Crippen molar-refractivity contribution < 1.29 is 14.3 Å². The van der Waals surface area contributed by atoms with Crippen LogP contribution in [0.25, 0.3) is 0 Å². The van der Waals surface area contributed by atoms with Gasteiger partial charge in [-0.3, -0.25) is 4.90 Å². The number of carbonyl (C=O) groups is 2. The van der Waals surface area contributed by atoms with Gasteiger partial charge >= 0.3 is 12.1 Å². The number of nitrogens with zero attached hydrogens (tertiary/aromatic N) is 3. The summed E-state index contributed by atoms with van der Waals surface area (Å²) in [6.45, 7) is 0.492. The van der Waals surface area contributed by atoms with Crippen molar-refractivity contribution >= 4 is 23.6 Å². The van der Waals surface area contributed by atoms with Gasteiger partial charge < -0.3 is 20.7 Å². The van der Waals surface area contributed by atoms with E-state index < -0.39 is 5.60 Å². The number of carbonyl (C=O) groups excluding carboxylic acids is 2. The molecule has 4 rings (SSSR count). The largest absolute Gasteiger partial charge is 0.440 e. The van der Waals surface area contributed by atoms with Gasteiger partial charge in [0.15, 0.2) is 0 Å². The van der Waals surface area contributed by atoms with E-state index in [1.54, 1.807) is 30.3 Å². The fourth-order valence-electron chi connectivity index (χ4n) is 4.36. The number of nitrogens with one attached hydrogen (secondary N) is 1. The summed E-state index contributed by atoms with van der Waals surface area (Å²) in [4.78, 5) is 32.1. The number of amides is 3. The van der Waals surface area contributed by atoms with Crippen LogP contribution >= 0.6 is 0 Å². The maximum atomic E-state index is 12.4. The third-order valence-corrected chi connectivity index (χ3v) is 5.34. The summed E-state index contributed by atoms with van der Waals surface area (Å²) in [5, 5.41) is 2.71. The Morgan fingerprint density at radius 2 is 2.08 bits per heavy atom. The molecule has 8 nitrogen and oxygen atoms in total. The number of fused-ring (bicyclic) bond motifs is 2. The first-order chi connectivity index (χ1) is 11.5. The van der Waals surface area contributed by atoms with Crippen molar-refractivity contribution in [2.24, 2.45) is 0 Å². The lowest BCUT2D eigenvalue weighted by atomic mass is 9.86. The molecule has 3 saturated heterocycles. The molecule has 4 heterocycles. The number of nitrogens with two attached hydrogens (primary N) is 1. The van der Waals surface area contributed by atoms with Crippen LogP contribution in [-0.4, -0.2) is 53.3 Å². The van der Waals surface area contributed by atoms with Gasteiger partial charge in [-0.1, -0.05) is 0 Å². The zero-order chi connectivity index (χ0) is 16.9. The van der Waals surface area contributed by atoms with Crippen molar-refractivity contribution in [1.29, 1.82) is 0 Å². The molecule has 3 aliphatic rings. The minimum atomic E-state index is -0.519. The van der Waals surface area contributed by atoms with Gasteiger partial charge in [-0.05, 0) is 25.0 Å². The van der Waals surface area contributed by atoms with E-state index in [4.69, 9.17) is 10.5 Å². The summed E-state index contributed by atoms with van der Waals surface area (Å²) in [6.07, 6.45) is 4.52. The fraction of sp³-hybridized carbons (Fsp3) is 0.562. The van der Waals surface area contributed by atoms with Crippen LogP contribution in [0.2, 0.25) is 0 Å². The first kappa shape index (κ1) is 15.0. The van der Waals surface area contributed by atoms with Crippen molar-refractivity contribution in [3.8, 4) is 0 Å². The molecular formula is C16H21N5O3. The number of rotatable bonds is 1. The normalized spacial score (nSPS) is 31.5. The number of piperidine rings is 1. The van der Waals surface area contributed by atoms with E-state index in [0.717, 1.165) is 12.8 Å². The zero-order valence-corrected chi connectivity index (χ0v) is 13.6. The minimum absolute atomic E-state index is 0.0405. The van der Waals surface area contributed by atoms with Crippen LogP contribution < -0.4 is 16.0 Å². The van der Waals surface area contributed by atoms with Gasteiger partial charge in [-0.2, -0.15) is 0 Å². The van der Waals surface area contributed by atoms with Crippen molar-refractivity contribution in [3.63, 3.8) is 0 Å². The summed E-state index contributed by atoms with van der Waals surface area (Å²) >= 11 is 0. The Morgan fingerprint density at radius 3 is 2.67 bits per heavy atom. The molecule has 3 aliphatic heterocycles. The molecule has 1 aromatic heterocycles. The van der Waals surface area contributed by atoms with E-state index in [9.17, 15) is 9.59 Å². The number of pyridine rings is 1. The predicted molar refractivity (Wildman–Crippen MR) is 87.5 cm³/mol. The Kier molecular flexibility index (Phi) is 3.29. The standard InChI is InChI=1S/C16H21N5O3/c1-18-14(22)21-10-2-3-11(21)7-16(6-10)9-20(15(23)24-16)12-4-5-13(17)19-8-12/h4-5,8,10-11H,2-3,6-7,9H2,1H3,(H2,17,19)(H,18,22). The number of anilines is 2. The second-order valence-corrected chi connectivity index (χ2v) is 6.83. The number of urea groups is 1. The van der Waals surface area contributed by atoms with E-state index in [1.807, 2.05) is 4.90 Å². The molecule has 0 aliphatic carbocycles. The second-order valence-electron chi connectivity index (χ2n) is 6.83. The SMILES string of the molecule is CNC(=O)N1C2CCC1CC1(C2)CN(c2ccc(N)nc2)C(=O)O1. The number of ether oxygens (including phenoxy) is 1. The van der Waals surface area contributed by atoms with Gasteiger partial charge in [0, 0.05) is 32.0 Å². The molecule has 1 aromatic rings. The van der Waals surface area contributed by atoms with E-state index >= 15 is 0 Å². The highest BCUT2D eigenvalue weighted by atomic mass is 16.6. The molecule has 0 saturated carbocycles. The molecule has 128 valence electrons. The molecule has 3 fully saturated rings. The first-order valence-electron chi connectivity index (χ1n) is 8.23. The average molecular weight is 331 g/mol. The highest BCUT2D eigenvalue weighted by Crippen LogP contribution is 2.46. The lowest BCUT2D eigenvalue weighted by Crippen LogP contribution is -2.56. The third kappa shape index (κ3) is 2.24. The maximum absolute atomic E-state index is 12.4. The van der Waals surface area contributed by atoms with Crippen molar-refractivity contribution in [2.45, 2.75) is 43.4 Å². The van der Waals surface area contributed by atoms with Gasteiger partial charge in [0.05, 0.1) is 18.4 Å². The smallest absolute Gasteiger partial charge is 0.415 e. The van der Waals surface area contributed by atoms with Crippen LogP contribution in [0.4, 0.5) is 21.1 Å². The maximum Gasteiger partial charge on any atom is 0.415 e. The van der Waals surface area contributed by atoms with Crippen LogP contribution in [0, 0.1) is 0 Å². The molecular weight excluding hydrogens is 310 g/mol. The Labute approximate surface area is 139 Å². The third-order valence-electron chi connectivity index (χ3n) is 5.34. The van der Waals surface area contributed by atoms with Gasteiger partial charge in [0.2, 0.25) is 0 Å². The summed E-state index contributed by atoms with van der Waals surface area (Å²) in [6, 6.07) is 3.66. The van der Waals surface area contributed by atoms with Crippen LogP contribution in [0.3, 0.4) is 0 Å². The molecule has 0 aromatic carbocycles. The topological polar surface area (TPSA) is 101 Å². The average Bonchev–Trinajstić information content (AvgIpc) is 3.02. The number of hydrogen-bond acceptors (Lipinski definition) is 5. The Balaban J connectivity index is 1.55. The molecule has 2 bridgehead atoms. The zero-order valence-electron chi connectivity index (χ0n) is 13.6. The van der Waals surface area contributed by atoms with Gasteiger partial charge in [0.25, 0.3) is 0 Å². The van der Waals surface area contributed by atoms with Crippen LogP contribution in [0.1, 0.15) is 25.7 Å². The van der Waals surface area contributed by atoms with Gasteiger partial charge in [-0.25, -0.2) is 14.6 Å². The number of aromatic nitrogens is 1. The molecule has 2 unspecified atom stereocenters. The van der Waals surface area contributed by atoms with Crippen molar-refractivity contribution in [3.05, 3.63) is 18.3 Å². The van der Waals surface area contributed by atoms with Crippen LogP contribution in [0.5, 0.6) is 0 Å².